The van der Waals surface area contributed by atoms with E-state index in [0.717, 1.165) is 28.6 Å². The Balaban J connectivity index is 1.61. The molecule has 0 aliphatic heterocycles. The number of rotatable bonds is 3. The number of halogens is 2. The largest absolute Gasteiger partial charge is 0.382 e. The van der Waals surface area contributed by atoms with E-state index in [9.17, 15) is 4.39 Å². The van der Waals surface area contributed by atoms with E-state index in [1.807, 2.05) is 13.0 Å². The Morgan fingerprint density at radius 3 is 2.65 bits per heavy atom. The minimum atomic E-state index is -0.173. The molecule has 0 atom stereocenters. The van der Waals surface area contributed by atoms with Crippen LogP contribution in [0, 0.1) is 12.7 Å². The first kappa shape index (κ1) is 13.6. The second-order valence-electron chi connectivity index (χ2n) is 5.52. The molecule has 0 unspecified atom stereocenters. The van der Waals surface area contributed by atoms with Crippen molar-refractivity contribution in [1.29, 1.82) is 0 Å². The standard InChI is InChI=1S/C17H17BrFN/c1-11-7-15(19)5-6-17(11)20-16-9-13(10-16)12-3-2-4-14(18)8-12/h2-8,13,16,20H,9-10H2,1H3. The van der Waals surface area contributed by atoms with Crippen molar-refractivity contribution >= 4 is 21.6 Å². The summed E-state index contributed by atoms with van der Waals surface area (Å²) in [6, 6.07) is 13.9. The molecule has 1 fully saturated rings. The third-order valence-corrected chi connectivity index (χ3v) is 4.50. The van der Waals surface area contributed by atoms with E-state index in [1.54, 1.807) is 6.07 Å². The predicted molar refractivity (Wildman–Crippen MR) is 84.7 cm³/mol. The van der Waals surface area contributed by atoms with Gasteiger partial charge in [0, 0.05) is 16.2 Å². The van der Waals surface area contributed by atoms with Gasteiger partial charge in [-0.1, -0.05) is 28.1 Å². The third-order valence-electron chi connectivity index (χ3n) is 4.01. The number of hydrogen-bond acceptors (Lipinski definition) is 1. The number of hydrogen-bond donors (Lipinski definition) is 1. The first-order valence-corrected chi connectivity index (χ1v) is 7.69. The van der Waals surface area contributed by atoms with Gasteiger partial charge in [0.1, 0.15) is 5.82 Å². The molecule has 0 heterocycles. The van der Waals surface area contributed by atoms with E-state index in [4.69, 9.17) is 0 Å². The van der Waals surface area contributed by atoms with Crippen LogP contribution in [-0.2, 0) is 0 Å². The van der Waals surface area contributed by atoms with Crippen LogP contribution in [0.25, 0.3) is 0 Å². The van der Waals surface area contributed by atoms with Crippen LogP contribution in [0.15, 0.2) is 46.9 Å². The Morgan fingerprint density at radius 1 is 1.15 bits per heavy atom. The number of aryl methyl sites for hydroxylation is 1. The Hall–Kier alpha value is -1.35. The summed E-state index contributed by atoms with van der Waals surface area (Å²) < 4.78 is 14.2. The summed E-state index contributed by atoms with van der Waals surface area (Å²) in [5, 5.41) is 3.51. The highest BCUT2D eigenvalue weighted by atomic mass is 79.9. The summed E-state index contributed by atoms with van der Waals surface area (Å²) in [6.45, 7) is 1.94. The van der Waals surface area contributed by atoms with E-state index >= 15 is 0 Å². The van der Waals surface area contributed by atoms with E-state index < -0.39 is 0 Å². The third kappa shape index (κ3) is 2.88. The maximum Gasteiger partial charge on any atom is 0.123 e. The number of nitrogens with one attached hydrogen (secondary N) is 1. The number of anilines is 1. The zero-order valence-electron chi connectivity index (χ0n) is 11.4. The molecule has 0 aromatic heterocycles. The lowest BCUT2D eigenvalue weighted by Crippen LogP contribution is -2.34. The van der Waals surface area contributed by atoms with Crippen LogP contribution < -0.4 is 5.32 Å². The second kappa shape index (κ2) is 5.57. The fourth-order valence-electron chi connectivity index (χ4n) is 2.78. The van der Waals surface area contributed by atoms with Crippen molar-refractivity contribution < 1.29 is 4.39 Å². The Bertz CT molecular complexity index is 620. The van der Waals surface area contributed by atoms with Gasteiger partial charge < -0.3 is 5.32 Å². The molecule has 0 saturated heterocycles. The SMILES string of the molecule is Cc1cc(F)ccc1NC1CC(c2cccc(Br)c2)C1. The molecular formula is C17H17BrFN. The normalized spacial score (nSPS) is 21.4. The van der Waals surface area contributed by atoms with E-state index in [1.165, 1.54) is 11.6 Å². The van der Waals surface area contributed by atoms with Crippen molar-refractivity contribution in [2.75, 3.05) is 5.32 Å². The minimum absolute atomic E-state index is 0.173. The molecule has 1 aliphatic rings. The van der Waals surface area contributed by atoms with Crippen LogP contribution in [-0.4, -0.2) is 6.04 Å². The van der Waals surface area contributed by atoms with Crippen LogP contribution in [0.5, 0.6) is 0 Å². The smallest absolute Gasteiger partial charge is 0.123 e. The molecule has 0 bridgehead atoms. The van der Waals surface area contributed by atoms with Gasteiger partial charge in [0.05, 0.1) is 0 Å². The molecule has 20 heavy (non-hydrogen) atoms. The monoisotopic (exact) mass is 333 g/mol. The lowest BCUT2D eigenvalue weighted by Gasteiger charge is -2.37. The first-order chi connectivity index (χ1) is 9.61. The van der Waals surface area contributed by atoms with Crippen LogP contribution in [0.2, 0.25) is 0 Å². The molecule has 1 nitrogen and oxygen atoms in total. The van der Waals surface area contributed by atoms with E-state index in [2.05, 4.69) is 45.5 Å². The molecule has 0 radical (unpaired) electrons. The van der Waals surface area contributed by atoms with E-state index in [0.29, 0.717) is 12.0 Å². The quantitative estimate of drug-likeness (QED) is 0.808. The van der Waals surface area contributed by atoms with Gasteiger partial charge in [0.2, 0.25) is 0 Å². The van der Waals surface area contributed by atoms with Gasteiger partial charge in [0.25, 0.3) is 0 Å². The molecule has 2 aromatic carbocycles. The minimum Gasteiger partial charge on any atom is -0.382 e. The Labute approximate surface area is 127 Å². The molecule has 1 N–H and O–H groups in total. The zero-order chi connectivity index (χ0) is 14.1. The lowest BCUT2D eigenvalue weighted by molar-refractivity contribution is 0.374. The van der Waals surface area contributed by atoms with Gasteiger partial charge in [-0.15, -0.1) is 0 Å². The molecule has 0 spiro atoms. The van der Waals surface area contributed by atoms with E-state index in [-0.39, 0.29) is 5.82 Å². The van der Waals surface area contributed by atoms with Crippen LogP contribution >= 0.6 is 15.9 Å². The fourth-order valence-corrected chi connectivity index (χ4v) is 3.19. The lowest BCUT2D eigenvalue weighted by atomic mass is 9.76. The zero-order valence-corrected chi connectivity index (χ0v) is 13.0. The van der Waals surface area contributed by atoms with Gasteiger partial charge >= 0.3 is 0 Å². The number of benzene rings is 2. The van der Waals surface area contributed by atoms with Crippen molar-refractivity contribution in [2.45, 2.75) is 31.7 Å². The highest BCUT2D eigenvalue weighted by molar-refractivity contribution is 9.10. The van der Waals surface area contributed by atoms with Crippen molar-refractivity contribution in [2.24, 2.45) is 0 Å². The average Bonchev–Trinajstić information content (AvgIpc) is 2.35. The van der Waals surface area contributed by atoms with Gasteiger partial charge in [-0.25, -0.2) is 4.39 Å². The summed E-state index contributed by atoms with van der Waals surface area (Å²) in [6.07, 6.45) is 2.26. The molecule has 2 aromatic rings. The van der Waals surface area contributed by atoms with Crippen LogP contribution in [0.1, 0.15) is 29.9 Å². The highest BCUT2D eigenvalue weighted by Crippen LogP contribution is 2.39. The molecule has 0 amide bonds. The van der Waals surface area contributed by atoms with Crippen LogP contribution in [0.3, 0.4) is 0 Å². The summed E-state index contributed by atoms with van der Waals surface area (Å²) in [7, 11) is 0. The first-order valence-electron chi connectivity index (χ1n) is 6.90. The van der Waals surface area contributed by atoms with Gasteiger partial charge in [-0.3, -0.25) is 0 Å². The topological polar surface area (TPSA) is 12.0 Å². The fraction of sp³-hybridized carbons (Fsp3) is 0.294. The summed E-state index contributed by atoms with van der Waals surface area (Å²) >= 11 is 3.52. The molecule has 3 rings (SSSR count). The predicted octanol–water partition coefficient (Wildman–Crippen LogP) is 5.25. The van der Waals surface area contributed by atoms with Crippen molar-refractivity contribution in [1.82, 2.24) is 0 Å². The molecule has 3 heteroatoms. The maximum atomic E-state index is 13.1. The Morgan fingerprint density at radius 2 is 1.95 bits per heavy atom. The van der Waals surface area contributed by atoms with Crippen molar-refractivity contribution in [3.8, 4) is 0 Å². The van der Waals surface area contributed by atoms with Crippen molar-refractivity contribution in [3.63, 3.8) is 0 Å². The van der Waals surface area contributed by atoms with Crippen molar-refractivity contribution in [3.05, 3.63) is 63.9 Å². The molecule has 1 aliphatic carbocycles. The van der Waals surface area contributed by atoms with Crippen LogP contribution in [0.4, 0.5) is 10.1 Å². The maximum absolute atomic E-state index is 13.1. The van der Waals surface area contributed by atoms with Gasteiger partial charge in [0.15, 0.2) is 0 Å². The second-order valence-corrected chi connectivity index (χ2v) is 6.44. The molecule has 1 saturated carbocycles. The summed E-state index contributed by atoms with van der Waals surface area (Å²) in [5.41, 5.74) is 3.41. The average molecular weight is 334 g/mol. The molecule has 104 valence electrons. The van der Waals surface area contributed by atoms with Gasteiger partial charge in [-0.2, -0.15) is 0 Å². The van der Waals surface area contributed by atoms with Gasteiger partial charge in [-0.05, 0) is 67.1 Å². The summed E-state index contributed by atoms with van der Waals surface area (Å²) in [4.78, 5) is 0. The summed E-state index contributed by atoms with van der Waals surface area (Å²) in [5.74, 6) is 0.458. The Kier molecular flexibility index (Phi) is 3.79. The molecular weight excluding hydrogens is 317 g/mol. The highest BCUT2D eigenvalue weighted by Gasteiger charge is 2.30.